The highest BCUT2D eigenvalue weighted by molar-refractivity contribution is 5.95. The number of nitrogens with one attached hydrogen (secondary N) is 1. The summed E-state index contributed by atoms with van der Waals surface area (Å²) in [5, 5.41) is 12.3. The Bertz CT molecular complexity index is 654. The van der Waals surface area contributed by atoms with Crippen LogP contribution in [0.3, 0.4) is 0 Å². The van der Waals surface area contributed by atoms with Crippen molar-refractivity contribution in [1.29, 1.82) is 0 Å². The molecule has 156 valence electrons. The molecule has 1 aromatic carbocycles. The average molecular weight is 393 g/mol. The molecule has 1 heterocycles. The third-order valence-corrected chi connectivity index (χ3v) is 5.01. The van der Waals surface area contributed by atoms with Crippen molar-refractivity contribution < 1.29 is 28.9 Å². The van der Waals surface area contributed by atoms with Crippen LogP contribution >= 0.6 is 0 Å². The third kappa shape index (κ3) is 6.41. The maximum atomic E-state index is 12.5. The van der Waals surface area contributed by atoms with E-state index in [0.29, 0.717) is 55.6 Å². The summed E-state index contributed by atoms with van der Waals surface area (Å²) in [6.07, 6.45) is 2.32. The lowest BCUT2D eigenvalue weighted by atomic mass is 9.86. The van der Waals surface area contributed by atoms with Gasteiger partial charge >= 0.3 is 5.97 Å². The number of hydrogen-bond acceptors (Lipinski definition) is 5. The standard InChI is InChI=1S/C21H31NO6/c1-14(2)6-11-28-18-5-4-16(12-19(18)26-3)20(23)22-13-17(21(24)25)15-7-9-27-10-8-15/h4-5,12,14-15,17H,6-11,13H2,1-3H3,(H,22,23)(H,24,25). The van der Waals surface area contributed by atoms with Gasteiger partial charge in [0.05, 0.1) is 19.6 Å². The van der Waals surface area contributed by atoms with Crippen molar-refractivity contribution in [2.75, 3.05) is 33.5 Å². The molecule has 1 saturated heterocycles. The van der Waals surface area contributed by atoms with Gasteiger partial charge in [-0.1, -0.05) is 13.8 Å². The summed E-state index contributed by atoms with van der Waals surface area (Å²) >= 11 is 0. The lowest BCUT2D eigenvalue weighted by Crippen LogP contribution is -2.39. The number of benzene rings is 1. The molecule has 2 rings (SSSR count). The molecule has 1 aromatic rings. The minimum Gasteiger partial charge on any atom is -0.493 e. The number of rotatable bonds is 10. The molecule has 0 aromatic heterocycles. The second-order valence-electron chi connectivity index (χ2n) is 7.50. The van der Waals surface area contributed by atoms with Crippen LogP contribution < -0.4 is 14.8 Å². The fourth-order valence-corrected chi connectivity index (χ4v) is 3.21. The van der Waals surface area contributed by atoms with E-state index in [0.717, 1.165) is 6.42 Å². The summed E-state index contributed by atoms with van der Waals surface area (Å²) in [5.74, 6) is -0.217. The molecule has 1 fully saturated rings. The molecule has 28 heavy (non-hydrogen) atoms. The van der Waals surface area contributed by atoms with Crippen LogP contribution in [0.5, 0.6) is 11.5 Å². The number of carbonyl (C=O) groups excluding carboxylic acids is 1. The Morgan fingerprint density at radius 2 is 1.96 bits per heavy atom. The van der Waals surface area contributed by atoms with E-state index in [9.17, 15) is 14.7 Å². The molecule has 0 radical (unpaired) electrons. The largest absolute Gasteiger partial charge is 0.493 e. The number of methoxy groups -OCH3 is 1. The van der Waals surface area contributed by atoms with E-state index in [2.05, 4.69) is 19.2 Å². The molecule has 1 aliphatic heterocycles. The molecule has 0 aliphatic carbocycles. The second-order valence-corrected chi connectivity index (χ2v) is 7.50. The predicted octanol–water partition coefficient (Wildman–Crippen LogP) is 2.98. The highest BCUT2D eigenvalue weighted by Gasteiger charge is 2.30. The van der Waals surface area contributed by atoms with E-state index in [-0.39, 0.29) is 18.4 Å². The molecule has 7 heteroatoms. The Morgan fingerprint density at radius 1 is 1.25 bits per heavy atom. The third-order valence-electron chi connectivity index (χ3n) is 5.01. The van der Waals surface area contributed by atoms with Gasteiger partial charge in [0, 0.05) is 25.3 Å². The highest BCUT2D eigenvalue weighted by Crippen LogP contribution is 2.29. The molecular formula is C21H31NO6. The van der Waals surface area contributed by atoms with Gasteiger partial charge in [0.1, 0.15) is 0 Å². The van der Waals surface area contributed by atoms with Gasteiger partial charge in [-0.25, -0.2) is 0 Å². The molecule has 0 bridgehead atoms. The van der Waals surface area contributed by atoms with Gasteiger partial charge in [-0.3, -0.25) is 9.59 Å². The Hall–Kier alpha value is -2.28. The summed E-state index contributed by atoms with van der Waals surface area (Å²) in [4.78, 5) is 24.1. The zero-order valence-corrected chi connectivity index (χ0v) is 16.9. The maximum Gasteiger partial charge on any atom is 0.308 e. The van der Waals surface area contributed by atoms with Crippen molar-refractivity contribution in [3.63, 3.8) is 0 Å². The zero-order valence-electron chi connectivity index (χ0n) is 16.9. The van der Waals surface area contributed by atoms with Crippen LogP contribution in [0.15, 0.2) is 18.2 Å². The first-order valence-electron chi connectivity index (χ1n) is 9.82. The molecule has 0 saturated carbocycles. The predicted molar refractivity (Wildman–Crippen MR) is 105 cm³/mol. The molecule has 1 amide bonds. The van der Waals surface area contributed by atoms with Crippen molar-refractivity contribution in [1.82, 2.24) is 5.32 Å². The molecule has 0 spiro atoms. The first kappa shape index (κ1) is 22.0. The Kier molecular flexibility index (Phi) is 8.57. The van der Waals surface area contributed by atoms with E-state index >= 15 is 0 Å². The minimum absolute atomic E-state index is 0.0119. The number of aliphatic carboxylic acids is 1. The number of carboxylic acids is 1. The van der Waals surface area contributed by atoms with Crippen LogP contribution in [-0.2, 0) is 9.53 Å². The van der Waals surface area contributed by atoms with Crippen LogP contribution in [0.4, 0.5) is 0 Å². The van der Waals surface area contributed by atoms with Crippen molar-refractivity contribution in [2.45, 2.75) is 33.1 Å². The van der Waals surface area contributed by atoms with Crippen LogP contribution in [0, 0.1) is 17.8 Å². The van der Waals surface area contributed by atoms with Gasteiger partial charge in [0.15, 0.2) is 11.5 Å². The smallest absolute Gasteiger partial charge is 0.308 e. The Labute approximate surface area is 166 Å². The lowest BCUT2D eigenvalue weighted by molar-refractivity contribution is -0.144. The van der Waals surface area contributed by atoms with Crippen LogP contribution in [0.1, 0.15) is 43.5 Å². The summed E-state index contributed by atoms with van der Waals surface area (Å²) in [6, 6.07) is 4.98. The number of ether oxygens (including phenoxy) is 3. The fraction of sp³-hybridized carbons (Fsp3) is 0.619. The monoisotopic (exact) mass is 393 g/mol. The summed E-state index contributed by atoms with van der Waals surface area (Å²) in [6.45, 7) is 6.05. The Morgan fingerprint density at radius 3 is 2.57 bits per heavy atom. The Balaban J connectivity index is 1.97. The van der Waals surface area contributed by atoms with Gasteiger partial charge in [0.2, 0.25) is 0 Å². The van der Waals surface area contributed by atoms with Crippen molar-refractivity contribution in [3.8, 4) is 11.5 Å². The van der Waals surface area contributed by atoms with E-state index in [4.69, 9.17) is 14.2 Å². The fourth-order valence-electron chi connectivity index (χ4n) is 3.21. The van der Waals surface area contributed by atoms with E-state index in [1.165, 1.54) is 7.11 Å². The topological polar surface area (TPSA) is 94.1 Å². The average Bonchev–Trinajstić information content (AvgIpc) is 2.68. The van der Waals surface area contributed by atoms with Crippen LogP contribution in [-0.4, -0.2) is 50.5 Å². The molecule has 2 N–H and O–H groups in total. The van der Waals surface area contributed by atoms with E-state index < -0.39 is 11.9 Å². The highest BCUT2D eigenvalue weighted by atomic mass is 16.5. The van der Waals surface area contributed by atoms with Gasteiger partial charge in [0.25, 0.3) is 5.91 Å². The van der Waals surface area contributed by atoms with Crippen LogP contribution in [0.2, 0.25) is 0 Å². The first-order valence-corrected chi connectivity index (χ1v) is 9.82. The second kappa shape index (κ2) is 10.9. The summed E-state index contributed by atoms with van der Waals surface area (Å²) in [5.41, 5.74) is 0.407. The van der Waals surface area contributed by atoms with Gasteiger partial charge in [-0.05, 0) is 49.3 Å². The van der Waals surface area contributed by atoms with Crippen molar-refractivity contribution in [3.05, 3.63) is 23.8 Å². The van der Waals surface area contributed by atoms with Crippen molar-refractivity contribution in [2.24, 2.45) is 17.8 Å². The first-order chi connectivity index (χ1) is 13.4. The molecular weight excluding hydrogens is 362 g/mol. The number of amides is 1. The van der Waals surface area contributed by atoms with E-state index in [1.54, 1.807) is 18.2 Å². The number of carbonyl (C=O) groups is 2. The quantitative estimate of drug-likeness (QED) is 0.635. The van der Waals surface area contributed by atoms with Crippen LogP contribution in [0.25, 0.3) is 0 Å². The lowest BCUT2D eigenvalue weighted by Gasteiger charge is -2.27. The molecule has 1 atom stereocenters. The SMILES string of the molecule is COc1cc(C(=O)NCC(C(=O)O)C2CCOCC2)ccc1OCCC(C)C. The maximum absolute atomic E-state index is 12.5. The molecule has 1 aliphatic rings. The summed E-state index contributed by atoms with van der Waals surface area (Å²) < 4.78 is 16.4. The van der Waals surface area contributed by atoms with E-state index in [1.807, 2.05) is 0 Å². The van der Waals surface area contributed by atoms with Gasteiger partial charge < -0.3 is 24.6 Å². The zero-order chi connectivity index (χ0) is 20.5. The summed E-state index contributed by atoms with van der Waals surface area (Å²) in [7, 11) is 1.53. The minimum atomic E-state index is -0.890. The van der Waals surface area contributed by atoms with Gasteiger partial charge in [-0.15, -0.1) is 0 Å². The van der Waals surface area contributed by atoms with Crippen molar-refractivity contribution >= 4 is 11.9 Å². The number of carboxylic acid groups (broad SMARTS) is 1. The van der Waals surface area contributed by atoms with Gasteiger partial charge in [-0.2, -0.15) is 0 Å². The molecule has 1 unspecified atom stereocenters. The number of hydrogen-bond donors (Lipinski definition) is 2. The molecule has 7 nitrogen and oxygen atoms in total. The normalized spacial score (nSPS) is 15.9.